The lowest BCUT2D eigenvalue weighted by Crippen LogP contribution is -2.45. The number of anilines is 1. The summed E-state index contributed by atoms with van der Waals surface area (Å²) in [6.07, 6.45) is -2.11. The van der Waals surface area contributed by atoms with Crippen molar-refractivity contribution in [2.75, 3.05) is 11.9 Å². The van der Waals surface area contributed by atoms with Crippen LogP contribution in [0.2, 0.25) is 0 Å². The number of halogens is 6. The van der Waals surface area contributed by atoms with Gasteiger partial charge in [-0.3, -0.25) is 4.90 Å². The minimum atomic E-state index is -4.67. The molecule has 3 heterocycles. The molecular formula is C19H17F6N7. The number of alkyl halides is 3. The molecule has 32 heavy (non-hydrogen) atoms. The molecule has 0 spiro atoms. The van der Waals surface area contributed by atoms with Gasteiger partial charge in [-0.2, -0.15) is 23.4 Å². The Kier molecular flexibility index (Phi) is 5.08. The van der Waals surface area contributed by atoms with Crippen molar-refractivity contribution in [3.63, 3.8) is 0 Å². The molecule has 1 fully saturated rings. The van der Waals surface area contributed by atoms with Gasteiger partial charge >= 0.3 is 6.18 Å². The predicted molar refractivity (Wildman–Crippen MR) is 99.4 cm³/mol. The molecule has 4 atom stereocenters. The molecule has 0 aliphatic carbocycles. The van der Waals surface area contributed by atoms with E-state index in [2.05, 4.69) is 22.0 Å². The number of nitrogens with two attached hydrogens (primary N) is 1. The highest BCUT2D eigenvalue weighted by atomic mass is 19.4. The fourth-order valence-electron chi connectivity index (χ4n) is 3.99. The number of fused-ring (bicyclic) bond motifs is 1. The Morgan fingerprint density at radius 1 is 1.28 bits per heavy atom. The van der Waals surface area contributed by atoms with Crippen molar-refractivity contribution < 1.29 is 26.3 Å². The maximum absolute atomic E-state index is 14.4. The van der Waals surface area contributed by atoms with Gasteiger partial charge in [0, 0.05) is 11.5 Å². The summed E-state index contributed by atoms with van der Waals surface area (Å²) >= 11 is 0. The summed E-state index contributed by atoms with van der Waals surface area (Å²) in [5.41, 5.74) is 4.63. The fourth-order valence-corrected chi connectivity index (χ4v) is 3.99. The first-order chi connectivity index (χ1) is 15.0. The third-order valence-electron chi connectivity index (χ3n) is 5.80. The Morgan fingerprint density at radius 2 is 2.00 bits per heavy atom. The highest BCUT2D eigenvalue weighted by Gasteiger charge is 2.54. The molecule has 0 radical (unpaired) electrons. The topological polar surface area (TPSA) is 95.6 Å². The van der Waals surface area contributed by atoms with Crippen molar-refractivity contribution in [3.05, 3.63) is 53.6 Å². The molecule has 7 nitrogen and oxygen atoms in total. The zero-order valence-electron chi connectivity index (χ0n) is 16.4. The first kappa shape index (κ1) is 21.9. The first-order valence-corrected chi connectivity index (χ1v) is 9.53. The number of rotatable bonds is 5. The van der Waals surface area contributed by atoms with Crippen LogP contribution in [-0.4, -0.2) is 44.1 Å². The standard InChI is InChI=1S/C19H17F6N7/c1-2-12(18(27)7-31(18)8-26)28-17-29-16-10(9-3-5-11(20)15(22)14(9)21)4-6-13(19(23,24)25)32(16)30-17/h2-3,5,10,12-13H,1,4,6-7,27H2,(H,28,30). The van der Waals surface area contributed by atoms with E-state index < -0.39 is 53.7 Å². The molecule has 2 aliphatic rings. The number of nitrogens with zero attached hydrogens (tertiary/aromatic N) is 5. The largest absolute Gasteiger partial charge is 0.410 e. The van der Waals surface area contributed by atoms with Gasteiger partial charge in [0.05, 0.1) is 12.6 Å². The summed E-state index contributed by atoms with van der Waals surface area (Å²) in [5.74, 6) is -6.20. The fraction of sp³-hybridized carbons (Fsp3) is 0.421. The quantitative estimate of drug-likeness (QED) is 0.236. The smallest absolute Gasteiger partial charge is 0.343 e. The Balaban J connectivity index is 1.74. The summed E-state index contributed by atoms with van der Waals surface area (Å²) < 4.78 is 83.0. The van der Waals surface area contributed by atoms with E-state index in [1.54, 1.807) is 0 Å². The van der Waals surface area contributed by atoms with Crippen molar-refractivity contribution in [2.45, 2.75) is 42.7 Å². The number of benzene rings is 1. The Labute approximate surface area is 178 Å². The van der Waals surface area contributed by atoms with E-state index in [1.165, 1.54) is 11.0 Å². The van der Waals surface area contributed by atoms with Crippen molar-refractivity contribution >= 4 is 5.95 Å². The molecule has 0 bridgehead atoms. The second-order valence-corrected chi connectivity index (χ2v) is 7.73. The molecule has 170 valence electrons. The third kappa shape index (κ3) is 3.44. The Hall–Kier alpha value is -3.27. The molecule has 4 rings (SSSR count). The molecular weight excluding hydrogens is 440 g/mol. The van der Waals surface area contributed by atoms with Crippen LogP contribution in [0.25, 0.3) is 0 Å². The third-order valence-corrected chi connectivity index (χ3v) is 5.80. The average molecular weight is 457 g/mol. The van der Waals surface area contributed by atoms with E-state index in [4.69, 9.17) is 11.0 Å². The van der Waals surface area contributed by atoms with Crippen LogP contribution in [-0.2, 0) is 0 Å². The SMILES string of the molecule is C=CC(Nc1nc2n(n1)C(C(F)(F)F)CCC2c1ccc(F)c(F)c1F)C1(N)CN1C#N. The average Bonchev–Trinajstić information content (AvgIpc) is 3.23. The van der Waals surface area contributed by atoms with Gasteiger partial charge in [-0.25, -0.2) is 17.9 Å². The van der Waals surface area contributed by atoms with Gasteiger partial charge in [0.2, 0.25) is 5.95 Å². The van der Waals surface area contributed by atoms with E-state index in [0.29, 0.717) is 10.7 Å². The van der Waals surface area contributed by atoms with E-state index in [9.17, 15) is 26.3 Å². The molecule has 2 aliphatic heterocycles. The summed E-state index contributed by atoms with van der Waals surface area (Å²) in [6, 6.07) is -1.13. The number of nitriles is 1. The van der Waals surface area contributed by atoms with Crippen LogP contribution >= 0.6 is 0 Å². The van der Waals surface area contributed by atoms with Crippen LogP contribution in [0.5, 0.6) is 0 Å². The highest BCUT2D eigenvalue weighted by Crippen LogP contribution is 2.45. The monoisotopic (exact) mass is 457 g/mol. The lowest BCUT2D eigenvalue weighted by atomic mass is 9.88. The number of aromatic nitrogens is 3. The van der Waals surface area contributed by atoms with Crippen molar-refractivity contribution in [3.8, 4) is 6.19 Å². The molecule has 1 saturated heterocycles. The molecule has 13 heteroatoms. The minimum absolute atomic E-state index is 0.189. The van der Waals surface area contributed by atoms with Crippen LogP contribution in [0.4, 0.5) is 32.3 Å². The van der Waals surface area contributed by atoms with E-state index >= 15 is 0 Å². The Bertz CT molecular complexity index is 1110. The van der Waals surface area contributed by atoms with Gasteiger partial charge in [0.15, 0.2) is 23.6 Å². The van der Waals surface area contributed by atoms with Gasteiger partial charge in [-0.15, -0.1) is 11.7 Å². The van der Waals surface area contributed by atoms with E-state index in [0.717, 1.165) is 6.07 Å². The maximum atomic E-state index is 14.4. The summed E-state index contributed by atoms with van der Waals surface area (Å²) in [7, 11) is 0. The Morgan fingerprint density at radius 3 is 2.59 bits per heavy atom. The maximum Gasteiger partial charge on any atom is 0.410 e. The van der Waals surface area contributed by atoms with Crippen molar-refractivity contribution in [1.29, 1.82) is 5.26 Å². The molecule has 0 saturated carbocycles. The second kappa shape index (κ2) is 7.40. The van der Waals surface area contributed by atoms with E-state index in [-0.39, 0.29) is 30.3 Å². The van der Waals surface area contributed by atoms with E-state index in [1.807, 2.05) is 6.19 Å². The summed E-state index contributed by atoms with van der Waals surface area (Å²) in [4.78, 5) is 5.34. The molecule has 1 aromatic carbocycles. The molecule has 3 N–H and O–H groups in total. The molecule has 1 aromatic heterocycles. The summed E-state index contributed by atoms with van der Waals surface area (Å²) in [5, 5.41) is 15.7. The molecule has 2 aromatic rings. The first-order valence-electron chi connectivity index (χ1n) is 9.53. The zero-order valence-corrected chi connectivity index (χ0v) is 16.4. The molecule has 4 unspecified atom stereocenters. The second-order valence-electron chi connectivity index (χ2n) is 7.73. The van der Waals surface area contributed by atoms with Crippen molar-refractivity contribution in [2.24, 2.45) is 5.73 Å². The molecule has 0 amide bonds. The van der Waals surface area contributed by atoms with Gasteiger partial charge in [0.25, 0.3) is 0 Å². The van der Waals surface area contributed by atoms with Gasteiger partial charge in [-0.1, -0.05) is 12.1 Å². The summed E-state index contributed by atoms with van der Waals surface area (Å²) in [6.45, 7) is 3.80. The van der Waals surface area contributed by atoms with Crippen LogP contribution in [0, 0.1) is 28.9 Å². The van der Waals surface area contributed by atoms with Crippen LogP contribution in [0.15, 0.2) is 24.8 Å². The van der Waals surface area contributed by atoms with Crippen LogP contribution in [0.3, 0.4) is 0 Å². The predicted octanol–water partition coefficient (Wildman–Crippen LogP) is 3.14. The van der Waals surface area contributed by atoms with Crippen molar-refractivity contribution in [1.82, 2.24) is 19.7 Å². The number of hydrogen-bond acceptors (Lipinski definition) is 6. The normalized spacial score (nSPS) is 25.6. The zero-order chi connectivity index (χ0) is 23.4. The highest BCUT2D eigenvalue weighted by molar-refractivity contribution is 5.38. The van der Waals surface area contributed by atoms with Crippen LogP contribution < -0.4 is 11.1 Å². The lowest BCUT2D eigenvalue weighted by molar-refractivity contribution is -0.175. The van der Waals surface area contributed by atoms with Gasteiger partial charge < -0.3 is 11.1 Å². The van der Waals surface area contributed by atoms with Gasteiger partial charge in [-0.05, 0) is 18.9 Å². The number of nitrogens with one attached hydrogen (secondary N) is 1. The van der Waals surface area contributed by atoms with Gasteiger partial charge in [0.1, 0.15) is 17.5 Å². The van der Waals surface area contributed by atoms with Crippen LogP contribution in [0.1, 0.15) is 36.2 Å². The lowest BCUT2D eigenvalue weighted by Gasteiger charge is -2.30. The minimum Gasteiger partial charge on any atom is -0.343 e. The number of hydrogen-bond donors (Lipinski definition) is 2.